The molecule has 3 aromatic rings. The predicted octanol–water partition coefficient (Wildman–Crippen LogP) is 3.09. The normalized spacial score (nSPS) is 10.7. The Kier molecular flexibility index (Phi) is 6.33. The zero-order chi connectivity index (χ0) is 19.9. The van der Waals surface area contributed by atoms with Crippen molar-refractivity contribution in [3.8, 4) is 17.1 Å². The van der Waals surface area contributed by atoms with E-state index in [2.05, 4.69) is 15.5 Å². The third-order valence-corrected chi connectivity index (χ3v) is 3.99. The van der Waals surface area contributed by atoms with Gasteiger partial charge in [-0.1, -0.05) is 17.3 Å². The van der Waals surface area contributed by atoms with Gasteiger partial charge in [-0.2, -0.15) is 4.98 Å². The number of anilines is 1. The van der Waals surface area contributed by atoms with Crippen LogP contribution in [0.25, 0.3) is 11.4 Å². The monoisotopic (exact) mass is 384 g/mol. The number of aryl methyl sites for hydroxylation is 2. The highest BCUT2D eigenvalue weighted by atomic mass is 19.1. The first-order chi connectivity index (χ1) is 13.5. The van der Waals surface area contributed by atoms with Crippen molar-refractivity contribution in [2.75, 3.05) is 18.5 Å². The number of nitrogens with one attached hydrogen (secondary N) is 1. The summed E-state index contributed by atoms with van der Waals surface area (Å²) in [6.45, 7) is 2.56. The summed E-state index contributed by atoms with van der Waals surface area (Å²) in [6.07, 6.45) is 0.459. The molecule has 0 fully saturated rings. The number of aromatic nitrogens is 2. The second-order valence-electron chi connectivity index (χ2n) is 6.19. The van der Waals surface area contributed by atoms with Crippen molar-refractivity contribution in [1.82, 2.24) is 10.1 Å². The number of hydrogen-bond donors (Lipinski definition) is 2. The molecular weight excluding hydrogens is 363 g/mol. The van der Waals surface area contributed by atoms with E-state index >= 15 is 0 Å². The van der Waals surface area contributed by atoms with Crippen molar-refractivity contribution in [2.45, 2.75) is 19.8 Å². The summed E-state index contributed by atoms with van der Waals surface area (Å²) in [5, 5.41) is 6.64. The van der Waals surface area contributed by atoms with Crippen molar-refractivity contribution in [3.63, 3.8) is 0 Å². The first-order valence-corrected chi connectivity index (χ1v) is 8.87. The van der Waals surface area contributed by atoms with Gasteiger partial charge >= 0.3 is 0 Å². The van der Waals surface area contributed by atoms with Gasteiger partial charge in [0, 0.05) is 30.6 Å². The van der Waals surface area contributed by atoms with Crippen LogP contribution < -0.4 is 15.8 Å². The molecule has 146 valence electrons. The zero-order valence-corrected chi connectivity index (χ0v) is 15.4. The molecule has 7 nitrogen and oxygen atoms in total. The molecule has 1 heterocycles. The predicted molar refractivity (Wildman–Crippen MR) is 102 cm³/mol. The molecule has 0 spiro atoms. The van der Waals surface area contributed by atoms with Crippen LogP contribution in [-0.4, -0.2) is 29.2 Å². The number of nitrogens with two attached hydrogens (primary N) is 1. The van der Waals surface area contributed by atoms with Crippen LogP contribution in [-0.2, 0) is 11.2 Å². The van der Waals surface area contributed by atoms with Gasteiger partial charge in [-0.15, -0.1) is 0 Å². The van der Waals surface area contributed by atoms with E-state index in [-0.39, 0.29) is 24.6 Å². The minimum absolute atomic E-state index is 0.176. The van der Waals surface area contributed by atoms with Gasteiger partial charge in [0.1, 0.15) is 18.2 Å². The molecule has 1 amide bonds. The van der Waals surface area contributed by atoms with E-state index in [1.54, 1.807) is 43.3 Å². The number of rotatable bonds is 8. The van der Waals surface area contributed by atoms with Gasteiger partial charge in [-0.3, -0.25) is 4.79 Å². The summed E-state index contributed by atoms with van der Waals surface area (Å²) < 4.78 is 24.2. The smallest absolute Gasteiger partial charge is 0.227 e. The summed E-state index contributed by atoms with van der Waals surface area (Å²) in [7, 11) is 0. The molecule has 0 radical (unpaired) electrons. The molecule has 0 aliphatic carbocycles. The molecule has 2 aromatic carbocycles. The summed E-state index contributed by atoms with van der Waals surface area (Å²) >= 11 is 0. The Morgan fingerprint density at radius 3 is 2.75 bits per heavy atom. The van der Waals surface area contributed by atoms with E-state index in [4.69, 9.17) is 15.0 Å². The van der Waals surface area contributed by atoms with Crippen molar-refractivity contribution in [3.05, 3.63) is 59.7 Å². The molecule has 0 saturated carbocycles. The summed E-state index contributed by atoms with van der Waals surface area (Å²) in [5.74, 6) is 0.785. The van der Waals surface area contributed by atoms with E-state index < -0.39 is 0 Å². The molecule has 0 bridgehead atoms. The molecule has 3 N–H and O–H groups in total. The Bertz CT molecular complexity index is 941. The van der Waals surface area contributed by atoms with Gasteiger partial charge < -0.3 is 20.3 Å². The molecule has 3 rings (SSSR count). The lowest BCUT2D eigenvalue weighted by Crippen LogP contribution is -2.13. The highest BCUT2D eigenvalue weighted by Gasteiger charge is 2.12. The lowest BCUT2D eigenvalue weighted by atomic mass is 10.1. The zero-order valence-electron chi connectivity index (χ0n) is 15.4. The molecule has 28 heavy (non-hydrogen) atoms. The Hall–Kier alpha value is -3.26. The third-order valence-electron chi connectivity index (χ3n) is 3.99. The molecule has 0 atom stereocenters. The number of halogens is 1. The van der Waals surface area contributed by atoms with E-state index in [1.165, 1.54) is 6.07 Å². The van der Waals surface area contributed by atoms with E-state index in [0.29, 0.717) is 47.4 Å². The fourth-order valence-electron chi connectivity index (χ4n) is 2.46. The number of benzene rings is 2. The van der Waals surface area contributed by atoms with Crippen LogP contribution in [0.3, 0.4) is 0 Å². The minimum Gasteiger partial charge on any atom is -0.492 e. The molecule has 0 aliphatic rings. The SMILES string of the molecule is Cc1ccc(-c2noc(CCC(=O)Nc3ccc(OCCN)cc3)n2)cc1F. The molecule has 1 aromatic heterocycles. The van der Waals surface area contributed by atoms with Crippen LogP contribution in [0.1, 0.15) is 17.9 Å². The third kappa shape index (κ3) is 5.14. The lowest BCUT2D eigenvalue weighted by Gasteiger charge is -2.07. The minimum atomic E-state index is -0.331. The number of amides is 1. The second kappa shape index (κ2) is 9.09. The van der Waals surface area contributed by atoms with E-state index in [1.807, 2.05) is 0 Å². The van der Waals surface area contributed by atoms with Crippen LogP contribution >= 0.6 is 0 Å². The number of ether oxygens (including phenoxy) is 1. The largest absolute Gasteiger partial charge is 0.492 e. The van der Waals surface area contributed by atoms with Crippen LogP contribution in [0.4, 0.5) is 10.1 Å². The fourth-order valence-corrected chi connectivity index (χ4v) is 2.46. The van der Waals surface area contributed by atoms with Crippen molar-refractivity contribution >= 4 is 11.6 Å². The molecular formula is C20H21FN4O3. The molecule has 0 saturated heterocycles. The number of nitrogens with zero attached hydrogens (tertiary/aromatic N) is 2. The maximum Gasteiger partial charge on any atom is 0.227 e. The number of hydrogen-bond acceptors (Lipinski definition) is 6. The van der Waals surface area contributed by atoms with Crippen LogP contribution in [0.2, 0.25) is 0 Å². The first-order valence-electron chi connectivity index (χ1n) is 8.87. The van der Waals surface area contributed by atoms with E-state index in [9.17, 15) is 9.18 Å². The highest BCUT2D eigenvalue weighted by molar-refractivity contribution is 5.90. The van der Waals surface area contributed by atoms with Crippen LogP contribution in [0.5, 0.6) is 5.75 Å². The van der Waals surface area contributed by atoms with Gasteiger partial charge in [-0.05, 0) is 42.8 Å². The summed E-state index contributed by atoms with van der Waals surface area (Å²) in [5.41, 5.74) is 7.12. The Morgan fingerprint density at radius 2 is 2.04 bits per heavy atom. The Morgan fingerprint density at radius 1 is 1.25 bits per heavy atom. The van der Waals surface area contributed by atoms with Gasteiger partial charge in [0.05, 0.1) is 0 Å². The van der Waals surface area contributed by atoms with Gasteiger partial charge in [0.15, 0.2) is 0 Å². The maximum absolute atomic E-state index is 13.7. The molecule has 0 unspecified atom stereocenters. The highest BCUT2D eigenvalue weighted by Crippen LogP contribution is 2.20. The van der Waals surface area contributed by atoms with Gasteiger partial charge in [-0.25, -0.2) is 4.39 Å². The molecule has 0 aliphatic heterocycles. The average Bonchev–Trinajstić information content (AvgIpc) is 3.17. The topological polar surface area (TPSA) is 103 Å². The summed E-state index contributed by atoms with van der Waals surface area (Å²) in [4.78, 5) is 16.3. The van der Waals surface area contributed by atoms with E-state index in [0.717, 1.165) is 0 Å². The van der Waals surface area contributed by atoms with Crippen molar-refractivity contribution < 1.29 is 18.4 Å². The second-order valence-corrected chi connectivity index (χ2v) is 6.19. The lowest BCUT2D eigenvalue weighted by molar-refractivity contribution is -0.116. The number of carbonyl (C=O) groups is 1. The van der Waals surface area contributed by atoms with Gasteiger partial charge in [0.25, 0.3) is 0 Å². The first kappa shape index (κ1) is 19.5. The average molecular weight is 384 g/mol. The van der Waals surface area contributed by atoms with Crippen LogP contribution in [0.15, 0.2) is 47.0 Å². The van der Waals surface area contributed by atoms with Gasteiger partial charge in [0.2, 0.25) is 17.6 Å². The van der Waals surface area contributed by atoms with Crippen LogP contribution in [0, 0.1) is 12.7 Å². The standard InChI is InChI=1S/C20H21FN4O3/c1-13-2-3-14(12-17(13)21)20-24-19(28-25-20)9-8-18(26)23-15-4-6-16(7-5-15)27-11-10-22/h2-7,12H,8-11,22H2,1H3,(H,23,26). The van der Waals surface area contributed by atoms with Crippen molar-refractivity contribution in [2.24, 2.45) is 5.73 Å². The summed E-state index contributed by atoms with van der Waals surface area (Å²) in [6, 6.07) is 11.8. The molecule has 8 heteroatoms. The maximum atomic E-state index is 13.7. The Labute approximate surface area is 161 Å². The fraction of sp³-hybridized carbons (Fsp3) is 0.250. The van der Waals surface area contributed by atoms with Crippen molar-refractivity contribution in [1.29, 1.82) is 0 Å². The quantitative estimate of drug-likeness (QED) is 0.619. The number of carbonyl (C=O) groups excluding carboxylic acids is 1. The Balaban J connectivity index is 1.52.